The molecule has 1 N–H and O–H groups in total. The number of rotatable bonds is 5. The van der Waals surface area contributed by atoms with E-state index >= 15 is 0 Å². The molecule has 0 radical (unpaired) electrons. The molecule has 0 saturated carbocycles. The molecule has 0 bridgehead atoms. The third kappa shape index (κ3) is 3.92. The number of fused-ring (bicyclic) bond motifs is 1. The van der Waals surface area contributed by atoms with Gasteiger partial charge in [0, 0.05) is 0 Å². The summed E-state index contributed by atoms with van der Waals surface area (Å²) in [4.78, 5) is 11.7. The lowest BCUT2D eigenvalue weighted by molar-refractivity contribution is -0.123. The Labute approximate surface area is 137 Å². The maximum Gasteiger partial charge on any atom is 0.277 e. The van der Waals surface area contributed by atoms with Gasteiger partial charge in [-0.05, 0) is 35.9 Å². The number of amides is 1. The molecule has 6 nitrogen and oxygen atoms in total. The van der Waals surface area contributed by atoms with Crippen molar-refractivity contribution in [1.82, 2.24) is 5.43 Å². The minimum absolute atomic E-state index is 0.178. The molecule has 1 heterocycles. The number of halogens is 1. The maximum atomic E-state index is 11.7. The monoisotopic (exact) mass is 332 g/mol. The number of nitrogens with one attached hydrogen (secondary N) is 1. The molecule has 2 aromatic rings. The minimum atomic E-state index is -0.387. The first kappa shape index (κ1) is 15.2. The molecule has 23 heavy (non-hydrogen) atoms. The van der Waals surface area contributed by atoms with Crippen LogP contribution in [0.2, 0.25) is 5.02 Å². The van der Waals surface area contributed by atoms with E-state index in [1.807, 2.05) is 6.07 Å². The summed E-state index contributed by atoms with van der Waals surface area (Å²) in [6, 6.07) is 12.3. The van der Waals surface area contributed by atoms with Crippen molar-refractivity contribution in [1.29, 1.82) is 0 Å². The summed E-state index contributed by atoms with van der Waals surface area (Å²) in [6.45, 7) is 0.0360. The standard InChI is InChI=1S/C16H13ClN2O4/c17-12-3-1-2-4-13(12)21-9-16(20)19-18-8-11-5-6-14-15(7-11)23-10-22-14/h1-8H,9-10H2,(H,19,20)/b18-8-. The van der Waals surface area contributed by atoms with Crippen molar-refractivity contribution >= 4 is 23.7 Å². The Bertz CT molecular complexity index is 749. The van der Waals surface area contributed by atoms with Crippen LogP contribution in [0.25, 0.3) is 0 Å². The first-order valence-corrected chi connectivity index (χ1v) is 7.19. The highest BCUT2D eigenvalue weighted by Gasteiger charge is 2.12. The van der Waals surface area contributed by atoms with E-state index < -0.39 is 0 Å². The lowest BCUT2D eigenvalue weighted by atomic mass is 10.2. The van der Waals surface area contributed by atoms with Crippen LogP contribution in [0.1, 0.15) is 5.56 Å². The van der Waals surface area contributed by atoms with Gasteiger partial charge in [0.15, 0.2) is 18.1 Å². The first-order valence-electron chi connectivity index (χ1n) is 6.81. The average Bonchev–Trinajstić information content (AvgIpc) is 3.02. The van der Waals surface area contributed by atoms with E-state index in [2.05, 4.69) is 10.5 Å². The van der Waals surface area contributed by atoms with Gasteiger partial charge in [0.1, 0.15) is 5.75 Å². The second-order valence-electron chi connectivity index (χ2n) is 4.62. The van der Waals surface area contributed by atoms with Crippen LogP contribution < -0.4 is 19.6 Å². The Morgan fingerprint density at radius 3 is 2.96 bits per heavy atom. The summed E-state index contributed by atoms with van der Waals surface area (Å²) in [5.74, 6) is 1.41. The average molecular weight is 333 g/mol. The molecule has 1 aliphatic heterocycles. The van der Waals surface area contributed by atoms with Gasteiger partial charge in [-0.15, -0.1) is 0 Å². The lowest BCUT2D eigenvalue weighted by Gasteiger charge is -2.06. The van der Waals surface area contributed by atoms with Gasteiger partial charge in [0.05, 0.1) is 11.2 Å². The topological polar surface area (TPSA) is 69.2 Å². The van der Waals surface area contributed by atoms with Gasteiger partial charge in [0.25, 0.3) is 5.91 Å². The maximum absolute atomic E-state index is 11.7. The molecule has 3 rings (SSSR count). The summed E-state index contributed by atoms with van der Waals surface area (Å²) in [7, 11) is 0. The number of para-hydroxylation sites is 1. The van der Waals surface area contributed by atoms with Crippen LogP contribution in [0.5, 0.6) is 17.2 Å². The van der Waals surface area contributed by atoms with E-state index in [0.29, 0.717) is 22.3 Å². The Kier molecular flexibility index (Phi) is 4.63. The van der Waals surface area contributed by atoms with Gasteiger partial charge >= 0.3 is 0 Å². The minimum Gasteiger partial charge on any atom is -0.482 e. The zero-order valence-corrected chi connectivity index (χ0v) is 12.7. The summed E-state index contributed by atoms with van der Waals surface area (Å²) in [6.07, 6.45) is 1.51. The third-order valence-electron chi connectivity index (χ3n) is 2.99. The molecule has 0 aromatic heterocycles. The van der Waals surface area contributed by atoms with E-state index in [-0.39, 0.29) is 19.3 Å². The predicted octanol–water partition coefficient (Wildman–Crippen LogP) is 2.60. The van der Waals surface area contributed by atoms with Crippen molar-refractivity contribution < 1.29 is 19.0 Å². The third-order valence-corrected chi connectivity index (χ3v) is 3.31. The van der Waals surface area contributed by atoms with Crippen molar-refractivity contribution in [2.75, 3.05) is 13.4 Å². The zero-order valence-electron chi connectivity index (χ0n) is 12.0. The van der Waals surface area contributed by atoms with Crippen LogP contribution in [-0.4, -0.2) is 25.5 Å². The van der Waals surface area contributed by atoms with Gasteiger partial charge in [-0.3, -0.25) is 4.79 Å². The van der Waals surface area contributed by atoms with Crippen LogP contribution in [0, 0.1) is 0 Å². The number of hydrazone groups is 1. The van der Waals surface area contributed by atoms with Crippen molar-refractivity contribution in [2.45, 2.75) is 0 Å². The highest BCUT2D eigenvalue weighted by molar-refractivity contribution is 6.32. The van der Waals surface area contributed by atoms with Gasteiger partial charge in [-0.2, -0.15) is 5.10 Å². The van der Waals surface area contributed by atoms with Crippen LogP contribution >= 0.6 is 11.6 Å². The zero-order chi connectivity index (χ0) is 16.1. The summed E-state index contributed by atoms with van der Waals surface area (Å²) in [5.41, 5.74) is 3.16. The molecule has 118 valence electrons. The Morgan fingerprint density at radius 2 is 2.09 bits per heavy atom. The molecule has 0 saturated heterocycles. The molecule has 1 amide bonds. The predicted molar refractivity (Wildman–Crippen MR) is 85.2 cm³/mol. The highest BCUT2D eigenvalue weighted by Crippen LogP contribution is 2.31. The van der Waals surface area contributed by atoms with E-state index in [9.17, 15) is 4.79 Å². The van der Waals surface area contributed by atoms with Crippen LogP contribution in [0.3, 0.4) is 0 Å². The van der Waals surface area contributed by atoms with Crippen molar-refractivity contribution in [3.05, 3.63) is 53.1 Å². The lowest BCUT2D eigenvalue weighted by Crippen LogP contribution is -2.24. The number of hydrogen-bond donors (Lipinski definition) is 1. The van der Waals surface area contributed by atoms with Gasteiger partial charge in [-0.25, -0.2) is 5.43 Å². The molecule has 0 aliphatic carbocycles. The quantitative estimate of drug-likeness (QED) is 0.675. The fourth-order valence-electron chi connectivity index (χ4n) is 1.91. The van der Waals surface area contributed by atoms with E-state index in [1.165, 1.54) is 6.21 Å². The second-order valence-corrected chi connectivity index (χ2v) is 5.03. The summed E-state index contributed by atoms with van der Waals surface area (Å²) in [5, 5.41) is 4.32. The van der Waals surface area contributed by atoms with E-state index in [1.54, 1.807) is 36.4 Å². The molecule has 7 heteroatoms. The number of carbonyl (C=O) groups is 1. The van der Waals surface area contributed by atoms with Crippen LogP contribution in [0.15, 0.2) is 47.6 Å². The summed E-state index contributed by atoms with van der Waals surface area (Å²) >= 11 is 5.93. The highest BCUT2D eigenvalue weighted by atomic mass is 35.5. The summed E-state index contributed by atoms with van der Waals surface area (Å²) < 4.78 is 15.8. The SMILES string of the molecule is O=C(COc1ccccc1Cl)N/N=C\c1ccc2c(c1)OCO2. The Balaban J connectivity index is 1.50. The number of ether oxygens (including phenoxy) is 3. The van der Waals surface area contributed by atoms with Crippen LogP contribution in [0.4, 0.5) is 0 Å². The van der Waals surface area contributed by atoms with E-state index in [4.69, 9.17) is 25.8 Å². The molecule has 0 spiro atoms. The molecular formula is C16H13ClN2O4. The molecule has 0 fully saturated rings. The van der Waals surface area contributed by atoms with E-state index in [0.717, 1.165) is 5.56 Å². The normalized spacial score (nSPS) is 12.4. The fraction of sp³-hybridized carbons (Fsp3) is 0.125. The number of nitrogens with zero attached hydrogens (tertiary/aromatic N) is 1. The van der Waals surface area contributed by atoms with Gasteiger partial charge in [-0.1, -0.05) is 23.7 Å². The smallest absolute Gasteiger partial charge is 0.277 e. The second kappa shape index (κ2) is 7.02. The largest absolute Gasteiger partial charge is 0.482 e. The molecule has 2 aromatic carbocycles. The fourth-order valence-corrected chi connectivity index (χ4v) is 2.10. The molecule has 1 aliphatic rings. The van der Waals surface area contributed by atoms with Gasteiger partial charge in [0.2, 0.25) is 6.79 Å². The molecule has 0 unspecified atom stereocenters. The van der Waals surface area contributed by atoms with Crippen molar-refractivity contribution in [3.63, 3.8) is 0 Å². The Morgan fingerprint density at radius 1 is 1.26 bits per heavy atom. The first-order chi connectivity index (χ1) is 11.2. The van der Waals surface area contributed by atoms with Gasteiger partial charge < -0.3 is 14.2 Å². The molecule has 0 atom stereocenters. The number of carbonyl (C=O) groups excluding carboxylic acids is 1. The molecular weight excluding hydrogens is 320 g/mol. The Hall–Kier alpha value is -2.73. The van der Waals surface area contributed by atoms with Crippen molar-refractivity contribution in [2.24, 2.45) is 5.10 Å². The number of hydrogen-bond acceptors (Lipinski definition) is 5. The van der Waals surface area contributed by atoms with Crippen LogP contribution in [-0.2, 0) is 4.79 Å². The number of benzene rings is 2. The van der Waals surface area contributed by atoms with Crippen molar-refractivity contribution in [3.8, 4) is 17.2 Å².